The number of nitrogens with zero attached hydrogens (tertiary/aromatic N) is 1. The van der Waals surface area contributed by atoms with Crippen LogP contribution in [0.25, 0.3) is 0 Å². The molecule has 1 aromatic rings. The van der Waals surface area contributed by atoms with Gasteiger partial charge < -0.3 is 9.63 Å². The van der Waals surface area contributed by atoms with Crippen molar-refractivity contribution < 1.29 is 18.7 Å². The van der Waals surface area contributed by atoms with Crippen LogP contribution >= 0.6 is 8.60 Å². The van der Waals surface area contributed by atoms with Gasteiger partial charge in [0.1, 0.15) is 0 Å². The summed E-state index contributed by atoms with van der Waals surface area (Å²) in [5, 5.41) is 9.31. The molecule has 5 nitrogen and oxygen atoms in total. The van der Waals surface area contributed by atoms with Gasteiger partial charge in [-0.3, -0.25) is 14.0 Å². The van der Waals surface area contributed by atoms with Gasteiger partial charge in [-0.2, -0.15) is 0 Å². The minimum atomic E-state index is -1.59. The molecule has 0 saturated carbocycles. The molecule has 0 amide bonds. The lowest BCUT2D eigenvalue weighted by Gasteiger charge is -2.30. The van der Waals surface area contributed by atoms with Crippen LogP contribution < -0.4 is 4.52 Å². The zero-order valence-corrected chi connectivity index (χ0v) is 13.9. The predicted molar refractivity (Wildman–Crippen MR) is 79.4 cm³/mol. The molecule has 1 aromatic heterocycles. The first-order chi connectivity index (χ1) is 9.11. The van der Waals surface area contributed by atoms with Gasteiger partial charge in [0.2, 0.25) is 0 Å². The van der Waals surface area contributed by atoms with Gasteiger partial charge in [0.05, 0.1) is 24.0 Å². The molecule has 0 aromatic carbocycles. The quantitative estimate of drug-likeness (QED) is 0.838. The van der Waals surface area contributed by atoms with Crippen molar-refractivity contribution in [2.75, 3.05) is 0 Å². The number of hydrogen-bond acceptors (Lipinski definition) is 5. The van der Waals surface area contributed by atoms with Crippen LogP contribution in [-0.2, 0) is 15.7 Å². The Bertz CT molecular complexity index is 410. The molecule has 0 radical (unpaired) electrons. The van der Waals surface area contributed by atoms with Crippen LogP contribution in [-0.4, -0.2) is 21.3 Å². The smallest absolute Gasteiger partial charge is 0.398 e. The zero-order chi connectivity index (χ0) is 15.4. The van der Waals surface area contributed by atoms with E-state index in [1.165, 1.54) is 0 Å². The normalized spacial score (nSPS) is 12.8. The molecule has 0 aliphatic carbocycles. The standard InChI is InChI=1S/C14H24NO4P/c1-13(2,3)18-20(19-14(4,5)6)17-12-9-15-8-7-11(12)10-16/h7-9,16H,10H2,1-6H3. The summed E-state index contributed by atoms with van der Waals surface area (Å²) in [5.74, 6) is 0.481. The van der Waals surface area contributed by atoms with Gasteiger partial charge in [-0.15, -0.1) is 0 Å². The van der Waals surface area contributed by atoms with E-state index < -0.39 is 19.8 Å². The molecule has 0 aliphatic rings. The van der Waals surface area contributed by atoms with Crippen LogP contribution in [0.3, 0.4) is 0 Å². The van der Waals surface area contributed by atoms with Gasteiger partial charge in [0, 0.05) is 11.8 Å². The van der Waals surface area contributed by atoms with Crippen molar-refractivity contribution in [3.63, 3.8) is 0 Å². The van der Waals surface area contributed by atoms with E-state index in [1.807, 2.05) is 41.5 Å². The molecular formula is C14H24NO4P. The van der Waals surface area contributed by atoms with Crippen molar-refractivity contribution in [3.8, 4) is 5.75 Å². The molecule has 20 heavy (non-hydrogen) atoms. The third-order valence-corrected chi connectivity index (χ3v) is 3.65. The fourth-order valence-corrected chi connectivity index (χ4v) is 2.54. The molecular weight excluding hydrogens is 277 g/mol. The van der Waals surface area contributed by atoms with E-state index in [0.717, 1.165) is 0 Å². The SMILES string of the molecule is CC(C)(C)OP(Oc1cnccc1CO)OC(C)(C)C. The highest BCUT2D eigenvalue weighted by atomic mass is 31.2. The summed E-state index contributed by atoms with van der Waals surface area (Å²) < 4.78 is 17.4. The summed E-state index contributed by atoms with van der Waals surface area (Å²) in [6.07, 6.45) is 3.16. The van der Waals surface area contributed by atoms with E-state index in [9.17, 15) is 5.11 Å². The van der Waals surface area contributed by atoms with E-state index in [-0.39, 0.29) is 6.61 Å². The van der Waals surface area contributed by atoms with Crippen LogP contribution in [0.15, 0.2) is 18.5 Å². The minimum absolute atomic E-state index is 0.119. The lowest BCUT2D eigenvalue weighted by atomic mass is 10.2. The average molecular weight is 301 g/mol. The monoisotopic (exact) mass is 301 g/mol. The summed E-state index contributed by atoms with van der Waals surface area (Å²) in [6, 6.07) is 1.71. The Morgan fingerprint density at radius 2 is 1.65 bits per heavy atom. The largest absolute Gasteiger partial charge is 0.425 e. The molecule has 0 unspecified atom stereocenters. The Kier molecular flexibility index (Phi) is 5.90. The number of rotatable bonds is 5. The molecule has 0 atom stereocenters. The lowest BCUT2D eigenvalue weighted by molar-refractivity contribution is 0.0501. The fraction of sp³-hybridized carbons (Fsp3) is 0.643. The first-order valence-electron chi connectivity index (χ1n) is 6.51. The molecule has 1 heterocycles. The minimum Gasteiger partial charge on any atom is -0.425 e. The molecule has 0 saturated heterocycles. The Morgan fingerprint density at radius 1 is 1.10 bits per heavy atom. The van der Waals surface area contributed by atoms with Gasteiger partial charge in [0.25, 0.3) is 0 Å². The summed E-state index contributed by atoms with van der Waals surface area (Å²) >= 11 is 0. The van der Waals surface area contributed by atoms with Gasteiger partial charge >= 0.3 is 8.60 Å². The first-order valence-corrected chi connectivity index (χ1v) is 7.60. The van der Waals surface area contributed by atoms with Crippen molar-refractivity contribution in [1.82, 2.24) is 4.98 Å². The highest BCUT2D eigenvalue weighted by Gasteiger charge is 2.29. The second kappa shape index (κ2) is 6.81. The molecule has 6 heteroatoms. The number of aromatic nitrogens is 1. The molecule has 114 valence electrons. The number of aliphatic hydroxyl groups is 1. The zero-order valence-electron chi connectivity index (χ0n) is 13.0. The topological polar surface area (TPSA) is 60.8 Å². The summed E-state index contributed by atoms with van der Waals surface area (Å²) in [5.41, 5.74) is -0.126. The van der Waals surface area contributed by atoms with Crippen LogP contribution in [0.5, 0.6) is 5.75 Å². The maximum atomic E-state index is 9.31. The van der Waals surface area contributed by atoms with Gasteiger partial charge in [-0.1, -0.05) is 0 Å². The Labute approximate surface area is 122 Å². The number of pyridine rings is 1. The highest BCUT2D eigenvalue weighted by molar-refractivity contribution is 7.42. The third kappa shape index (κ3) is 6.62. The number of aliphatic hydroxyl groups excluding tert-OH is 1. The Hall–Kier alpha value is -0.740. The molecule has 0 aliphatic heterocycles. The van der Waals surface area contributed by atoms with Crippen molar-refractivity contribution in [3.05, 3.63) is 24.0 Å². The van der Waals surface area contributed by atoms with E-state index in [4.69, 9.17) is 13.6 Å². The van der Waals surface area contributed by atoms with Gasteiger partial charge in [-0.05, 0) is 47.6 Å². The predicted octanol–water partition coefficient (Wildman–Crippen LogP) is 3.81. The van der Waals surface area contributed by atoms with Gasteiger partial charge in [0.15, 0.2) is 5.75 Å². The molecule has 1 N–H and O–H groups in total. The summed E-state index contributed by atoms with van der Waals surface area (Å²) in [6.45, 7) is 11.5. The maximum absolute atomic E-state index is 9.31. The van der Waals surface area contributed by atoms with Crippen molar-refractivity contribution in [2.45, 2.75) is 59.4 Å². The van der Waals surface area contributed by atoms with Crippen molar-refractivity contribution >= 4 is 8.60 Å². The molecule has 1 rings (SSSR count). The average Bonchev–Trinajstić information content (AvgIpc) is 2.25. The van der Waals surface area contributed by atoms with Crippen LogP contribution in [0, 0.1) is 0 Å². The van der Waals surface area contributed by atoms with E-state index in [2.05, 4.69) is 4.98 Å². The maximum Gasteiger partial charge on any atom is 0.398 e. The van der Waals surface area contributed by atoms with Crippen molar-refractivity contribution in [2.24, 2.45) is 0 Å². The Morgan fingerprint density at radius 3 is 2.10 bits per heavy atom. The van der Waals surface area contributed by atoms with E-state index >= 15 is 0 Å². The molecule has 0 spiro atoms. The lowest BCUT2D eigenvalue weighted by Crippen LogP contribution is -2.23. The third-order valence-electron chi connectivity index (χ3n) is 1.91. The Balaban J connectivity index is 2.88. The van der Waals surface area contributed by atoms with E-state index in [0.29, 0.717) is 11.3 Å². The summed E-state index contributed by atoms with van der Waals surface area (Å²) in [4.78, 5) is 4.00. The fourth-order valence-electron chi connectivity index (χ4n) is 1.21. The molecule has 0 fully saturated rings. The van der Waals surface area contributed by atoms with Crippen LogP contribution in [0.1, 0.15) is 47.1 Å². The highest BCUT2D eigenvalue weighted by Crippen LogP contribution is 2.47. The van der Waals surface area contributed by atoms with Crippen LogP contribution in [0.4, 0.5) is 0 Å². The van der Waals surface area contributed by atoms with Gasteiger partial charge in [-0.25, -0.2) is 0 Å². The number of hydrogen-bond donors (Lipinski definition) is 1. The second-order valence-electron chi connectivity index (χ2n) is 6.36. The molecule has 0 bridgehead atoms. The van der Waals surface area contributed by atoms with Crippen LogP contribution in [0.2, 0.25) is 0 Å². The summed E-state index contributed by atoms with van der Waals surface area (Å²) in [7, 11) is -1.59. The second-order valence-corrected chi connectivity index (χ2v) is 7.36. The van der Waals surface area contributed by atoms with Crippen molar-refractivity contribution in [1.29, 1.82) is 0 Å². The van der Waals surface area contributed by atoms with E-state index in [1.54, 1.807) is 18.5 Å². The first kappa shape index (κ1) is 17.3.